The largest absolute Gasteiger partial charge is 0.352 e. The first-order valence-corrected chi connectivity index (χ1v) is 9.22. The number of benzene rings is 2. The molecular weight excluding hydrogens is 338 g/mol. The van der Waals surface area contributed by atoms with Crippen LogP contribution in [0.25, 0.3) is 0 Å². The Hall–Kier alpha value is -3.08. The van der Waals surface area contributed by atoms with E-state index in [2.05, 4.69) is 16.0 Å². The fourth-order valence-electron chi connectivity index (χ4n) is 3.18. The van der Waals surface area contributed by atoms with Crippen molar-refractivity contribution >= 4 is 11.9 Å². The van der Waals surface area contributed by atoms with E-state index in [0.717, 1.165) is 16.7 Å². The van der Waals surface area contributed by atoms with Crippen molar-refractivity contribution in [2.75, 3.05) is 0 Å². The van der Waals surface area contributed by atoms with Gasteiger partial charge in [-0.25, -0.2) is 4.79 Å². The quantitative estimate of drug-likeness (QED) is 0.679. The molecule has 0 spiro atoms. The summed E-state index contributed by atoms with van der Waals surface area (Å²) in [6.07, 6.45) is 4.17. The summed E-state index contributed by atoms with van der Waals surface area (Å²) >= 11 is 0. The SMILES string of the molecule is C[C@H]1C=CCC(=O)NCc2cccc(c2)CNC(=O)N[C@@H]1c1ccccc1. The molecule has 0 saturated heterocycles. The van der Waals surface area contributed by atoms with Crippen LogP contribution in [0.5, 0.6) is 0 Å². The summed E-state index contributed by atoms with van der Waals surface area (Å²) in [5.74, 6) is 0.0225. The smallest absolute Gasteiger partial charge is 0.315 e. The van der Waals surface area contributed by atoms with Crippen LogP contribution < -0.4 is 16.0 Å². The number of hydrogen-bond acceptors (Lipinski definition) is 2. The third-order valence-corrected chi connectivity index (χ3v) is 4.65. The third kappa shape index (κ3) is 5.45. The Labute approximate surface area is 159 Å². The van der Waals surface area contributed by atoms with E-state index < -0.39 is 0 Å². The Balaban J connectivity index is 1.83. The van der Waals surface area contributed by atoms with E-state index in [1.165, 1.54) is 0 Å². The molecule has 2 aromatic rings. The Morgan fingerprint density at radius 3 is 2.33 bits per heavy atom. The van der Waals surface area contributed by atoms with E-state index in [1.54, 1.807) is 0 Å². The Kier molecular flexibility index (Phi) is 6.26. The fraction of sp³-hybridized carbons (Fsp3) is 0.273. The molecule has 0 aromatic heterocycles. The monoisotopic (exact) mass is 363 g/mol. The summed E-state index contributed by atoms with van der Waals surface area (Å²) in [5, 5.41) is 8.93. The van der Waals surface area contributed by atoms with E-state index >= 15 is 0 Å². The number of rotatable bonds is 1. The van der Waals surface area contributed by atoms with Gasteiger partial charge in [-0.2, -0.15) is 0 Å². The molecule has 3 amide bonds. The highest BCUT2D eigenvalue weighted by Crippen LogP contribution is 2.23. The first-order chi connectivity index (χ1) is 13.1. The summed E-state index contributed by atoms with van der Waals surface area (Å²) in [5.41, 5.74) is 3.03. The maximum absolute atomic E-state index is 12.5. The van der Waals surface area contributed by atoms with Crippen molar-refractivity contribution in [2.24, 2.45) is 5.92 Å². The second kappa shape index (κ2) is 9.03. The minimum absolute atomic E-state index is 0.0165. The average molecular weight is 363 g/mol. The minimum atomic E-state index is -0.210. The van der Waals surface area contributed by atoms with Gasteiger partial charge < -0.3 is 16.0 Å². The highest BCUT2D eigenvalue weighted by Gasteiger charge is 2.19. The molecule has 3 N–H and O–H groups in total. The molecule has 1 aliphatic heterocycles. The molecule has 0 saturated carbocycles. The first-order valence-electron chi connectivity index (χ1n) is 9.22. The molecule has 0 aliphatic carbocycles. The van der Waals surface area contributed by atoms with E-state index in [-0.39, 0.29) is 23.9 Å². The topological polar surface area (TPSA) is 70.2 Å². The molecule has 27 heavy (non-hydrogen) atoms. The van der Waals surface area contributed by atoms with Crippen LogP contribution in [0.1, 0.15) is 36.1 Å². The maximum Gasteiger partial charge on any atom is 0.315 e. The lowest BCUT2D eigenvalue weighted by Crippen LogP contribution is -2.39. The summed E-state index contributed by atoms with van der Waals surface area (Å²) in [6, 6.07) is 17.3. The number of amides is 3. The summed E-state index contributed by atoms with van der Waals surface area (Å²) in [6.45, 7) is 2.95. The number of nitrogens with one attached hydrogen (secondary N) is 3. The molecule has 140 valence electrons. The standard InChI is InChI=1S/C22H25N3O2/c1-16-7-5-12-20(26)23-14-17-8-6-9-18(13-17)15-24-22(27)25-21(16)19-10-3-2-4-11-19/h2-11,13,16,21H,12,14-15H2,1H3,(H,23,26)(H2,24,25,27)/t16-,21-/m0/s1. The normalized spacial score (nSPS) is 21.2. The molecule has 0 unspecified atom stereocenters. The van der Waals surface area contributed by atoms with Crippen molar-refractivity contribution < 1.29 is 9.59 Å². The molecule has 5 nitrogen and oxygen atoms in total. The van der Waals surface area contributed by atoms with Gasteiger partial charge in [-0.3, -0.25) is 4.79 Å². The number of fused-ring (bicyclic) bond motifs is 2. The zero-order valence-electron chi connectivity index (χ0n) is 15.4. The van der Waals surface area contributed by atoms with Crippen molar-refractivity contribution in [3.05, 3.63) is 83.4 Å². The van der Waals surface area contributed by atoms with E-state index in [4.69, 9.17) is 0 Å². The Morgan fingerprint density at radius 2 is 1.59 bits per heavy atom. The predicted molar refractivity (Wildman–Crippen MR) is 106 cm³/mol. The van der Waals surface area contributed by atoms with Gasteiger partial charge in [0.2, 0.25) is 5.91 Å². The van der Waals surface area contributed by atoms with Crippen LogP contribution in [0.4, 0.5) is 4.79 Å². The third-order valence-electron chi connectivity index (χ3n) is 4.65. The van der Waals surface area contributed by atoms with Crippen molar-refractivity contribution in [3.63, 3.8) is 0 Å². The zero-order valence-corrected chi connectivity index (χ0v) is 15.4. The zero-order chi connectivity index (χ0) is 19.1. The van der Waals surface area contributed by atoms with Crippen LogP contribution in [0.2, 0.25) is 0 Å². The highest BCUT2D eigenvalue weighted by molar-refractivity contribution is 5.77. The van der Waals surface area contributed by atoms with Crippen molar-refractivity contribution in [2.45, 2.75) is 32.5 Å². The molecule has 0 radical (unpaired) electrons. The van der Waals surface area contributed by atoms with Gasteiger partial charge in [0, 0.05) is 19.5 Å². The van der Waals surface area contributed by atoms with Crippen LogP contribution in [-0.4, -0.2) is 11.9 Å². The molecule has 2 bridgehead atoms. The van der Waals surface area contributed by atoms with Gasteiger partial charge in [-0.05, 0) is 22.6 Å². The van der Waals surface area contributed by atoms with Gasteiger partial charge >= 0.3 is 6.03 Å². The lowest BCUT2D eigenvalue weighted by atomic mass is 9.94. The molecule has 1 heterocycles. The molecule has 0 fully saturated rings. The van der Waals surface area contributed by atoms with Gasteiger partial charge in [-0.1, -0.05) is 73.7 Å². The van der Waals surface area contributed by atoms with Gasteiger partial charge in [0.05, 0.1) is 6.04 Å². The molecular formula is C22H25N3O2. The van der Waals surface area contributed by atoms with E-state index in [0.29, 0.717) is 19.5 Å². The van der Waals surface area contributed by atoms with Crippen LogP contribution >= 0.6 is 0 Å². The van der Waals surface area contributed by atoms with Gasteiger partial charge in [0.25, 0.3) is 0 Å². The van der Waals surface area contributed by atoms with Gasteiger partial charge in [-0.15, -0.1) is 0 Å². The first kappa shape index (κ1) is 18.7. The lowest BCUT2D eigenvalue weighted by molar-refractivity contribution is -0.120. The van der Waals surface area contributed by atoms with Crippen molar-refractivity contribution in [1.29, 1.82) is 0 Å². The van der Waals surface area contributed by atoms with E-state index in [1.807, 2.05) is 73.7 Å². The number of hydrogen-bond donors (Lipinski definition) is 3. The van der Waals surface area contributed by atoms with Crippen molar-refractivity contribution in [3.8, 4) is 0 Å². The van der Waals surface area contributed by atoms with Crippen LogP contribution in [0.15, 0.2) is 66.7 Å². The van der Waals surface area contributed by atoms with E-state index in [9.17, 15) is 9.59 Å². The predicted octanol–water partition coefficient (Wildman–Crippen LogP) is 3.44. The lowest BCUT2D eigenvalue weighted by Gasteiger charge is -2.24. The highest BCUT2D eigenvalue weighted by atomic mass is 16.2. The molecule has 2 atom stereocenters. The molecule has 2 aromatic carbocycles. The Morgan fingerprint density at radius 1 is 0.889 bits per heavy atom. The minimum Gasteiger partial charge on any atom is -0.352 e. The Bertz CT molecular complexity index is 817. The van der Waals surface area contributed by atoms with Crippen molar-refractivity contribution in [1.82, 2.24) is 16.0 Å². The van der Waals surface area contributed by atoms with Crippen LogP contribution in [0.3, 0.4) is 0 Å². The fourth-order valence-corrected chi connectivity index (χ4v) is 3.18. The molecule has 5 heteroatoms. The number of carbonyl (C=O) groups is 2. The second-order valence-corrected chi connectivity index (χ2v) is 6.80. The summed E-state index contributed by atoms with van der Waals surface area (Å²) in [4.78, 5) is 24.6. The summed E-state index contributed by atoms with van der Waals surface area (Å²) < 4.78 is 0. The summed E-state index contributed by atoms with van der Waals surface area (Å²) in [7, 11) is 0. The second-order valence-electron chi connectivity index (χ2n) is 6.80. The maximum atomic E-state index is 12.5. The average Bonchev–Trinajstić information content (AvgIpc) is 2.69. The van der Waals surface area contributed by atoms with Gasteiger partial charge in [0.1, 0.15) is 0 Å². The molecule has 3 rings (SSSR count). The number of urea groups is 1. The molecule has 1 aliphatic rings. The number of carbonyl (C=O) groups excluding carboxylic acids is 2. The van der Waals surface area contributed by atoms with Gasteiger partial charge in [0.15, 0.2) is 0 Å². The van der Waals surface area contributed by atoms with Crippen LogP contribution in [-0.2, 0) is 17.9 Å². The van der Waals surface area contributed by atoms with Crippen LogP contribution in [0, 0.1) is 5.92 Å².